The van der Waals surface area contributed by atoms with E-state index in [2.05, 4.69) is 15.0 Å². The molecule has 1 saturated heterocycles. The summed E-state index contributed by atoms with van der Waals surface area (Å²) < 4.78 is 5.42. The van der Waals surface area contributed by atoms with E-state index >= 15 is 0 Å². The number of hydrogen-bond donors (Lipinski definition) is 0. The molecule has 7 heteroatoms. The van der Waals surface area contributed by atoms with Crippen molar-refractivity contribution in [3.05, 3.63) is 90.0 Å². The first-order valence-corrected chi connectivity index (χ1v) is 11.2. The van der Waals surface area contributed by atoms with Crippen LogP contribution in [0.15, 0.2) is 83.4 Å². The zero-order valence-corrected chi connectivity index (χ0v) is 18.8. The topological polar surface area (TPSA) is 79.5 Å². The molecule has 7 nitrogen and oxygen atoms in total. The molecule has 1 amide bonds. The highest BCUT2D eigenvalue weighted by molar-refractivity contribution is 5.95. The van der Waals surface area contributed by atoms with Gasteiger partial charge in [-0.25, -0.2) is 0 Å². The number of carbonyl (C=O) groups excluding carboxylic acids is 2. The largest absolute Gasteiger partial charge is 0.368 e. The quantitative estimate of drug-likeness (QED) is 0.413. The average molecular weight is 453 g/mol. The molecule has 5 rings (SSSR count). The van der Waals surface area contributed by atoms with Crippen LogP contribution in [0.3, 0.4) is 0 Å². The summed E-state index contributed by atoms with van der Waals surface area (Å²) in [5.41, 5.74) is 4.06. The Labute approximate surface area is 197 Å². The number of ketones is 1. The standard InChI is InChI=1S/C27H24N4O3/c1-19(32)20-11-13-24(14-12-20)30-15-17-31(18-16-30)27(33)23-9-7-22(8-10-23)26-28-25(29-34-26)21-5-3-2-4-6-21/h2-14H,15-18H2,1H3. The molecule has 3 aromatic carbocycles. The predicted octanol–water partition coefficient (Wildman–Crippen LogP) is 4.57. The Balaban J connectivity index is 1.21. The molecule has 1 aliphatic rings. The smallest absolute Gasteiger partial charge is 0.258 e. The number of piperazine rings is 1. The van der Waals surface area contributed by atoms with Crippen molar-refractivity contribution < 1.29 is 14.1 Å². The molecule has 1 aliphatic heterocycles. The maximum Gasteiger partial charge on any atom is 0.258 e. The van der Waals surface area contributed by atoms with Gasteiger partial charge in [0.1, 0.15) is 0 Å². The van der Waals surface area contributed by atoms with Gasteiger partial charge in [0.05, 0.1) is 0 Å². The van der Waals surface area contributed by atoms with E-state index < -0.39 is 0 Å². The molecule has 0 atom stereocenters. The van der Waals surface area contributed by atoms with E-state index in [0.29, 0.717) is 35.9 Å². The molecule has 0 aliphatic carbocycles. The molecular weight excluding hydrogens is 428 g/mol. The van der Waals surface area contributed by atoms with E-state index in [1.54, 1.807) is 19.1 Å². The van der Waals surface area contributed by atoms with Gasteiger partial charge in [-0.2, -0.15) is 4.98 Å². The lowest BCUT2D eigenvalue weighted by Gasteiger charge is -2.36. The van der Waals surface area contributed by atoms with Gasteiger partial charge in [-0.05, 0) is 55.5 Å². The minimum atomic E-state index is 0.00799. The van der Waals surface area contributed by atoms with Gasteiger partial charge >= 0.3 is 0 Å². The fourth-order valence-electron chi connectivity index (χ4n) is 4.06. The van der Waals surface area contributed by atoms with Gasteiger partial charge in [0.15, 0.2) is 5.78 Å². The van der Waals surface area contributed by atoms with Gasteiger partial charge in [0.2, 0.25) is 5.82 Å². The summed E-state index contributed by atoms with van der Waals surface area (Å²) in [5.74, 6) is 1.02. The first-order chi connectivity index (χ1) is 16.6. The van der Waals surface area contributed by atoms with E-state index in [4.69, 9.17) is 4.52 Å². The number of nitrogens with zero attached hydrogens (tertiary/aromatic N) is 4. The van der Waals surface area contributed by atoms with Gasteiger partial charge in [0, 0.05) is 54.1 Å². The predicted molar refractivity (Wildman–Crippen MR) is 130 cm³/mol. The average Bonchev–Trinajstić information content (AvgIpc) is 3.40. The minimum Gasteiger partial charge on any atom is -0.368 e. The Morgan fingerprint density at radius 1 is 0.765 bits per heavy atom. The second-order valence-corrected chi connectivity index (χ2v) is 8.25. The molecule has 4 aromatic rings. The van der Waals surface area contributed by atoms with Crippen LogP contribution in [-0.2, 0) is 0 Å². The Morgan fingerprint density at radius 2 is 1.41 bits per heavy atom. The van der Waals surface area contributed by atoms with Gasteiger partial charge in [-0.1, -0.05) is 35.5 Å². The molecular formula is C27H24N4O3. The lowest BCUT2D eigenvalue weighted by atomic mass is 10.1. The molecule has 0 N–H and O–H groups in total. The van der Waals surface area contributed by atoms with E-state index in [1.165, 1.54) is 0 Å². The number of rotatable bonds is 5. The van der Waals surface area contributed by atoms with Gasteiger partial charge in [-0.3, -0.25) is 9.59 Å². The van der Waals surface area contributed by atoms with Crippen molar-refractivity contribution in [3.63, 3.8) is 0 Å². The summed E-state index contributed by atoms with van der Waals surface area (Å²) >= 11 is 0. The summed E-state index contributed by atoms with van der Waals surface area (Å²) in [6, 6.07) is 24.6. The molecule has 0 unspecified atom stereocenters. The Hall–Kier alpha value is -4.26. The zero-order valence-electron chi connectivity index (χ0n) is 18.8. The summed E-state index contributed by atoms with van der Waals surface area (Å²) in [5, 5.41) is 4.06. The first-order valence-electron chi connectivity index (χ1n) is 11.2. The number of hydrogen-bond acceptors (Lipinski definition) is 6. The SMILES string of the molecule is CC(=O)c1ccc(N2CCN(C(=O)c3ccc(-c4nc(-c5ccccc5)no4)cc3)CC2)cc1. The van der Waals surface area contributed by atoms with Gasteiger partial charge in [-0.15, -0.1) is 0 Å². The molecule has 0 bridgehead atoms. The van der Waals surface area contributed by atoms with Crippen LogP contribution in [0.5, 0.6) is 0 Å². The Morgan fingerprint density at radius 3 is 2.06 bits per heavy atom. The van der Waals surface area contributed by atoms with E-state index in [0.717, 1.165) is 29.9 Å². The maximum atomic E-state index is 13.0. The van der Waals surface area contributed by atoms with Crippen LogP contribution >= 0.6 is 0 Å². The van der Waals surface area contributed by atoms with Crippen LogP contribution in [-0.4, -0.2) is 52.9 Å². The molecule has 0 radical (unpaired) electrons. The summed E-state index contributed by atoms with van der Waals surface area (Å²) in [6.07, 6.45) is 0. The lowest BCUT2D eigenvalue weighted by Crippen LogP contribution is -2.48. The fraction of sp³-hybridized carbons (Fsp3) is 0.185. The van der Waals surface area contributed by atoms with Crippen molar-refractivity contribution in [2.24, 2.45) is 0 Å². The summed E-state index contributed by atoms with van der Waals surface area (Å²) in [6.45, 7) is 4.33. The van der Waals surface area contributed by atoms with Crippen LogP contribution in [0.1, 0.15) is 27.6 Å². The third kappa shape index (κ3) is 4.45. The van der Waals surface area contributed by atoms with Crippen LogP contribution in [0.2, 0.25) is 0 Å². The number of anilines is 1. The van der Waals surface area contributed by atoms with Crippen molar-refractivity contribution in [1.82, 2.24) is 15.0 Å². The second-order valence-electron chi connectivity index (χ2n) is 8.25. The van der Waals surface area contributed by atoms with Crippen LogP contribution < -0.4 is 4.90 Å². The van der Waals surface area contributed by atoms with Crippen LogP contribution in [0, 0.1) is 0 Å². The number of benzene rings is 3. The van der Waals surface area contributed by atoms with Crippen molar-refractivity contribution in [3.8, 4) is 22.8 Å². The highest BCUT2D eigenvalue weighted by Crippen LogP contribution is 2.23. The van der Waals surface area contributed by atoms with E-state index in [-0.39, 0.29) is 11.7 Å². The molecule has 170 valence electrons. The molecule has 0 spiro atoms. The first kappa shape index (κ1) is 21.6. The monoisotopic (exact) mass is 452 g/mol. The fourth-order valence-corrected chi connectivity index (χ4v) is 4.06. The summed E-state index contributed by atoms with van der Waals surface area (Å²) in [4.78, 5) is 33.1. The third-order valence-corrected chi connectivity index (χ3v) is 6.04. The van der Waals surface area contributed by atoms with Crippen LogP contribution in [0.4, 0.5) is 5.69 Å². The van der Waals surface area contributed by atoms with Crippen LogP contribution in [0.25, 0.3) is 22.8 Å². The maximum absolute atomic E-state index is 13.0. The van der Waals surface area contributed by atoms with Crippen molar-refractivity contribution in [1.29, 1.82) is 0 Å². The van der Waals surface area contributed by atoms with Crippen molar-refractivity contribution >= 4 is 17.4 Å². The minimum absolute atomic E-state index is 0.00799. The molecule has 1 aromatic heterocycles. The normalized spacial score (nSPS) is 13.7. The Kier molecular flexibility index (Phi) is 5.91. The second kappa shape index (κ2) is 9.31. The highest BCUT2D eigenvalue weighted by Gasteiger charge is 2.23. The van der Waals surface area contributed by atoms with Crippen molar-refractivity contribution in [2.75, 3.05) is 31.1 Å². The van der Waals surface area contributed by atoms with E-state index in [1.807, 2.05) is 71.6 Å². The Bertz CT molecular complexity index is 1290. The van der Waals surface area contributed by atoms with E-state index in [9.17, 15) is 9.59 Å². The molecule has 2 heterocycles. The molecule has 0 saturated carbocycles. The van der Waals surface area contributed by atoms with Gasteiger partial charge in [0.25, 0.3) is 11.8 Å². The number of amides is 1. The number of carbonyl (C=O) groups is 2. The van der Waals surface area contributed by atoms with Gasteiger partial charge < -0.3 is 14.3 Å². The zero-order chi connectivity index (χ0) is 23.5. The number of aromatic nitrogens is 2. The van der Waals surface area contributed by atoms with Crippen molar-refractivity contribution in [2.45, 2.75) is 6.92 Å². The number of Topliss-reactive ketones (excluding diaryl/α,β-unsaturated/α-hetero) is 1. The highest BCUT2D eigenvalue weighted by atomic mass is 16.5. The molecule has 34 heavy (non-hydrogen) atoms. The molecule has 1 fully saturated rings. The third-order valence-electron chi connectivity index (χ3n) is 6.04. The lowest BCUT2D eigenvalue weighted by molar-refractivity contribution is 0.0746. The summed E-state index contributed by atoms with van der Waals surface area (Å²) in [7, 11) is 0.